The highest BCUT2D eigenvalue weighted by atomic mass is 79.9. The number of hydrogen-bond acceptors (Lipinski definition) is 2. The predicted octanol–water partition coefficient (Wildman–Crippen LogP) is 4.53. The van der Waals surface area contributed by atoms with Gasteiger partial charge in [-0.25, -0.2) is 0 Å². The Morgan fingerprint density at radius 2 is 1.89 bits per heavy atom. The van der Waals surface area contributed by atoms with Crippen LogP contribution in [-0.4, -0.2) is 5.78 Å². The summed E-state index contributed by atoms with van der Waals surface area (Å²) in [4.78, 5) is 11.9. The summed E-state index contributed by atoms with van der Waals surface area (Å²) < 4.78 is 1.79. The van der Waals surface area contributed by atoms with Crippen LogP contribution in [0.5, 0.6) is 0 Å². The first-order chi connectivity index (χ1) is 8.89. The van der Waals surface area contributed by atoms with Crippen molar-refractivity contribution < 1.29 is 4.79 Å². The standard InChI is InChI=1S/C15H17Br2NO/c1-15(2)7-12(14(17)13(19)8-15)18-9-10-5-3-4-6-11(10)16/h3-6,18H,7-9H2,1-2H3. The lowest BCUT2D eigenvalue weighted by Crippen LogP contribution is -2.29. The largest absolute Gasteiger partial charge is 0.383 e. The molecule has 0 unspecified atom stereocenters. The van der Waals surface area contributed by atoms with Gasteiger partial charge in [0.1, 0.15) is 0 Å². The normalized spacial score (nSPS) is 18.6. The second kappa shape index (κ2) is 5.80. The van der Waals surface area contributed by atoms with E-state index in [9.17, 15) is 4.79 Å². The van der Waals surface area contributed by atoms with E-state index in [0.29, 0.717) is 10.9 Å². The number of hydrogen-bond donors (Lipinski definition) is 1. The molecule has 0 bridgehead atoms. The van der Waals surface area contributed by atoms with Crippen LogP contribution in [0.1, 0.15) is 32.3 Å². The van der Waals surface area contributed by atoms with E-state index in [1.54, 1.807) is 0 Å². The van der Waals surface area contributed by atoms with Crippen LogP contribution in [0.15, 0.2) is 38.9 Å². The van der Waals surface area contributed by atoms with Crippen molar-refractivity contribution in [3.05, 3.63) is 44.5 Å². The zero-order valence-corrected chi connectivity index (χ0v) is 14.3. The summed E-state index contributed by atoms with van der Waals surface area (Å²) in [5.74, 6) is 0.186. The van der Waals surface area contributed by atoms with Gasteiger partial charge in [0.05, 0.1) is 4.48 Å². The fourth-order valence-electron chi connectivity index (χ4n) is 2.28. The second-order valence-electron chi connectivity index (χ2n) is 5.68. The molecule has 1 N–H and O–H groups in total. The van der Waals surface area contributed by atoms with E-state index in [2.05, 4.69) is 57.1 Å². The van der Waals surface area contributed by atoms with Gasteiger partial charge in [0.2, 0.25) is 0 Å². The lowest BCUT2D eigenvalue weighted by molar-refractivity contribution is -0.117. The number of carbonyl (C=O) groups is 1. The molecule has 1 aromatic carbocycles. The van der Waals surface area contributed by atoms with E-state index in [-0.39, 0.29) is 11.2 Å². The van der Waals surface area contributed by atoms with Crippen molar-refractivity contribution in [3.8, 4) is 0 Å². The molecule has 1 aliphatic carbocycles. The van der Waals surface area contributed by atoms with Gasteiger partial charge >= 0.3 is 0 Å². The lowest BCUT2D eigenvalue weighted by atomic mass is 9.79. The number of benzene rings is 1. The molecule has 0 radical (unpaired) electrons. The van der Waals surface area contributed by atoms with E-state index >= 15 is 0 Å². The van der Waals surface area contributed by atoms with Gasteiger partial charge in [-0.2, -0.15) is 0 Å². The Bertz CT molecular complexity index is 535. The smallest absolute Gasteiger partial charge is 0.172 e. The highest BCUT2D eigenvalue weighted by Crippen LogP contribution is 2.37. The first-order valence-electron chi connectivity index (χ1n) is 6.28. The molecule has 0 amide bonds. The molecular formula is C15H17Br2NO. The molecule has 2 rings (SSSR count). The monoisotopic (exact) mass is 385 g/mol. The Hall–Kier alpha value is -0.610. The van der Waals surface area contributed by atoms with E-state index in [1.165, 1.54) is 5.56 Å². The molecule has 0 saturated heterocycles. The molecule has 0 spiro atoms. The van der Waals surface area contributed by atoms with Crippen LogP contribution in [0.4, 0.5) is 0 Å². The van der Waals surface area contributed by atoms with E-state index in [4.69, 9.17) is 0 Å². The van der Waals surface area contributed by atoms with Crippen LogP contribution in [0.2, 0.25) is 0 Å². The quantitative estimate of drug-likeness (QED) is 0.826. The lowest BCUT2D eigenvalue weighted by Gasteiger charge is -2.31. The summed E-state index contributed by atoms with van der Waals surface area (Å²) in [6.07, 6.45) is 1.50. The molecule has 19 heavy (non-hydrogen) atoms. The summed E-state index contributed by atoms with van der Waals surface area (Å²) in [5, 5.41) is 3.40. The van der Waals surface area contributed by atoms with Gasteiger partial charge in [0.25, 0.3) is 0 Å². The third kappa shape index (κ3) is 3.69. The number of Topliss-reactive ketones (excluding diaryl/α,β-unsaturated/α-hetero) is 1. The summed E-state index contributed by atoms with van der Waals surface area (Å²) in [6, 6.07) is 8.11. The predicted molar refractivity (Wildman–Crippen MR) is 85.0 cm³/mol. The Labute approximate surface area is 130 Å². The molecule has 0 saturated carbocycles. The summed E-state index contributed by atoms with van der Waals surface area (Å²) in [6.45, 7) is 4.98. The minimum absolute atomic E-state index is 0.0323. The van der Waals surface area contributed by atoms with Gasteiger partial charge in [-0.1, -0.05) is 48.0 Å². The summed E-state index contributed by atoms with van der Waals surface area (Å²) in [7, 11) is 0. The van der Waals surface area contributed by atoms with Crippen LogP contribution in [0.25, 0.3) is 0 Å². The number of nitrogens with one attached hydrogen (secondary N) is 1. The number of halogens is 2. The molecule has 0 aliphatic heterocycles. The zero-order chi connectivity index (χ0) is 14.0. The summed E-state index contributed by atoms with van der Waals surface area (Å²) in [5.41, 5.74) is 2.23. The third-order valence-electron chi connectivity index (χ3n) is 3.25. The van der Waals surface area contributed by atoms with Gasteiger partial charge in [0.15, 0.2) is 5.78 Å². The van der Waals surface area contributed by atoms with Crippen molar-refractivity contribution in [1.29, 1.82) is 0 Å². The fraction of sp³-hybridized carbons (Fsp3) is 0.400. The van der Waals surface area contributed by atoms with Crippen LogP contribution >= 0.6 is 31.9 Å². The van der Waals surface area contributed by atoms with Gasteiger partial charge in [-0.15, -0.1) is 0 Å². The maximum absolute atomic E-state index is 11.9. The van der Waals surface area contributed by atoms with Crippen LogP contribution in [0.3, 0.4) is 0 Å². The second-order valence-corrected chi connectivity index (χ2v) is 7.33. The van der Waals surface area contributed by atoms with Crippen molar-refractivity contribution in [2.24, 2.45) is 5.41 Å². The SMILES string of the molecule is CC1(C)CC(=O)C(Br)=C(NCc2ccccc2Br)C1. The maximum Gasteiger partial charge on any atom is 0.172 e. The highest BCUT2D eigenvalue weighted by molar-refractivity contribution is 9.12. The van der Waals surface area contributed by atoms with E-state index in [1.807, 2.05) is 18.2 Å². The zero-order valence-electron chi connectivity index (χ0n) is 11.1. The van der Waals surface area contributed by atoms with Gasteiger partial charge < -0.3 is 5.32 Å². The Morgan fingerprint density at radius 1 is 1.21 bits per heavy atom. The average molecular weight is 387 g/mol. The highest BCUT2D eigenvalue weighted by Gasteiger charge is 2.31. The Morgan fingerprint density at radius 3 is 2.58 bits per heavy atom. The molecule has 2 nitrogen and oxygen atoms in total. The maximum atomic E-state index is 11.9. The molecule has 0 atom stereocenters. The number of ketones is 1. The molecule has 1 aromatic rings. The Kier molecular flexibility index (Phi) is 4.51. The number of rotatable bonds is 3. The first kappa shape index (κ1) is 14.8. The van der Waals surface area contributed by atoms with Crippen LogP contribution in [-0.2, 0) is 11.3 Å². The van der Waals surface area contributed by atoms with E-state index < -0.39 is 0 Å². The molecular weight excluding hydrogens is 370 g/mol. The topological polar surface area (TPSA) is 29.1 Å². The molecule has 0 fully saturated rings. The van der Waals surface area contributed by atoms with E-state index in [0.717, 1.165) is 23.1 Å². The van der Waals surface area contributed by atoms with Gasteiger partial charge in [0, 0.05) is 23.1 Å². The van der Waals surface area contributed by atoms with Gasteiger partial charge in [-0.3, -0.25) is 4.79 Å². The third-order valence-corrected chi connectivity index (χ3v) is 4.95. The minimum atomic E-state index is 0.0323. The van der Waals surface area contributed by atoms with Crippen molar-refractivity contribution in [2.45, 2.75) is 33.2 Å². The number of allylic oxidation sites excluding steroid dienone is 2. The molecule has 1 aliphatic rings. The van der Waals surface area contributed by atoms with Crippen LogP contribution in [0, 0.1) is 5.41 Å². The van der Waals surface area contributed by atoms with Crippen molar-refractivity contribution in [1.82, 2.24) is 5.32 Å². The first-order valence-corrected chi connectivity index (χ1v) is 7.87. The Balaban J connectivity index is 2.12. The summed E-state index contributed by atoms with van der Waals surface area (Å²) >= 11 is 6.96. The fourth-order valence-corrected chi connectivity index (χ4v) is 3.13. The van der Waals surface area contributed by atoms with Crippen LogP contribution < -0.4 is 5.32 Å². The molecule has 102 valence electrons. The molecule has 0 aromatic heterocycles. The number of carbonyl (C=O) groups excluding carboxylic acids is 1. The van der Waals surface area contributed by atoms with Crippen molar-refractivity contribution in [2.75, 3.05) is 0 Å². The molecule has 4 heteroatoms. The minimum Gasteiger partial charge on any atom is -0.383 e. The van der Waals surface area contributed by atoms with Crippen molar-refractivity contribution >= 4 is 37.6 Å². The average Bonchev–Trinajstić information content (AvgIpc) is 2.33. The van der Waals surface area contributed by atoms with Gasteiger partial charge in [-0.05, 0) is 39.4 Å². The molecule has 0 heterocycles. The van der Waals surface area contributed by atoms with Crippen molar-refractivity contribution in [3.63, 3.8) is 0 Å².